The van der Waals surface area contributed by atoms with E-state index in [1.54, 1.807) is 4.40 Å². The average molecular weight is 448 g/mol. The number of aromatic nitrogens is 2. The van der Waals surface area contributed by atoms with E-state index in [4.69, 9.17) is 11.6 Å². The van der Waals surface area contributed by atoms with E-state index in [1.807, 2.05) is 0 Å². The summed E-state index contributed by atoms with van der Waals surface area (Å²) in [6.07, 6.45) is 0.824. The molecular weight excluding hydrogens is 437 g/mol. The normalized spacial score (nSPS) is 19.3. The number of alkyl halides is 2. The molecule has 0 amide bonds. The van der Waals surface area contributed by atoms with Crippen molar-refractivity contribution in [1.29, 1.82) is 0 Å². The molecule has 4 nitrogen and oxygen atoms in total. The first-order chi connectivity index (χ1) is 12.3. The molecule has 2 atom stereocenters. The van der Waals surface area contributed by atoms with Gasteiger partial charge in [0.1, 0.15) is 17.2 Å². The summed E-state index contributed by atoms with van der Waals surface area (Å²) < 4.78 is 45.8. The molecule has 1 unspecified atom stereocenters. The van der Waals surface area contributed by atoms with Crippen LogP contribution in [0.4, 0.5) is 13.2 Å². The molecule has 0 saturated carbocycles. The maximum absolute atomic E-state index is 13.8. The van der Waals surface area contributed by atoms with Crippen molar-refractivity contribution in [2.45, 2.75) is 25.1 Å². The molecular formula is C17H11BrClF3N2O2. The fourth-order valence-electron chi connectivity index (χ4n) is 3.38. The van der Waals surface area contributed by atoms with E-state index in [2.05, 4.69) is 25.7 Å². The lowest BCUT2D eigenvalue weighted by atomic mass is 9.95. The maximum Gasteiger partial charge on any atom is 0.387 e. The van der Waals surface area contributed by atoms with Gasteiger partial charge < -0.3 is 14.2 Å². The first kappa shape index (κ1) is 17.6. The number of imidazole rings is 1. The molecule has 2 heterocycles. The Bertz CT molecular complexity index is 1010. The van der Waals surface area contributed by atoms with E-state index in [0.717, 1.165) is 0 Å². The van der Waals surface area contributed by atoms with Gasteiger partial charge in [0, 0.05) is 28.8 Å². The first-order valence-corrected chi connectivity index (χ1v) is 8.81. The topological polar surface area (TPSA) is 46.8 Å². The molecule has 0 bridgehead atoms. The quantitative estimate of drug-likeness (QED) is 0.610. The summed E-state index contributed by atoms with van der Waals surface area (Å²) in [7, 11) is 0. The van der Waals surface area contributed by atoms with E-state index in [0.29, 0.717) is 27.6 Å². The highest BCUT2D eigenvalue weighted by atomic mass is 79.9. The second-order valence-electron chi connectivity index (χ2n) is 5.94. The highest BCUT2D eigenvalue weighted by Gasteiger charge is 2.37. The lowest BCUT2D eigenvalue weighted by Crippen LogP contribution is -2.08. The van der Waals surface area contributed by atoms with Crippen LogP contribution < -0.4 is 4.74 Å². The molecule has 1 N–H and O–H groups in total. The fourth-order valence-corrected chi connectivity index (χ4v) is 3.88. The van der Waals surface area contributed by atoms with Gasteiger partial charge in [-0.05, 0) is 40.5 Å². The molecule has 1 aliphatic carbocycles. The Balaban J connectivity index is 1.92. The lowest BCUT2D eigenvalue weighted by molar-refractivity contribution is -0.0505. The van der Waals surface area contributed by atoms with Crippen molar-refractivity contribution >= 4 is 33.2 Å². The molecule has 136 valence electrons. The van der Waals surface area contributed by atoms with Crippen LogP contribution in [0.5, 0.6) is 5.75 Å². The third kappa shape index (κ3) is 2.86. The fraction of sp³-hybridized carbons (Fsp3) is 0.235. The number of halogens is 5. The van der Waals surface area contributed by atoms with Gasteiger partial charge in [-0.25, -0.2) is 9.37 Å². The Kier molecular flexibility index (Phi) is 4.37. The van der Waals surface area contributed by atoms with Crippen LogP contribution in [-0.2, 0) is 0 Å². The number of ether oxygens (including phenoxy) is 1. The van der Waals surface area contributed by atoms with E-state index in [9.17, 15) is 18.3 Å². The summed E-state index contributed by atoms with van der Waals surface area (Å²) in [5.41, 5.74) is 1.71. The number of hydrogen-bond donors (Lipinski definition) is 1. The molecule has 0 radical (unpaired) electrons. The Morgan fingerprint density at radius 2 is 2.12 bits per heavy atom. The van der Waals surface area contributed by atoms with Crippen LogP contribution in [0.25, 0.3) is 5.65 Å². The SMILES string of the molecule is OC1C[C@H](c2cc(Cl)ccc2OC(F)F)c2c1nc1cc(F)c(Br)cn21. The van der Waals surface area contributed by atoms with Crippen LogP contribution in [0.3, 0.4) is 0 Å². The number of rotatable bonds is 3. The summed E-state index contributed by atoms with van der Waals surface area (Å²) in [5, 5.41) is 10.7. The summed E-state index contributed by atoms with van der Waals surface area (Å²) in [6.45, 7) is -2.99. The molecule has 9 heteroatoms. The molecule has 0 aliphatic heterocycles. The minimum absolute atomic E-state index is 0.0226. The predicted octanol–water partition coefficient (Wildman–Crippen LogP) is 5.06. The van der Waals surface area contributed by atoms with Crippen molar-refractivity contribution < 1.29 is 23.0 Å². The highest BCUT2D eigenvalue weighted by Crippen LogP contribution is 2.47. The van der Waals surface area contributed by atoms with E-state index in [1.165, 1.54) is 30.5 Å². The average Bonchev–Trinajstić information content (AvgIpc) is 3.07. The van der Waals surface area contributed by atoms with E-state index in [-0.39, 0.29) is 16.6 Å². The van der Waals surface area contributed by atoms with Gasteiger partial charge in [0.2, 0.25) is 0 Å². The minimum Gasteiger partial charge on any atom is -0.435 e. The molecule has 0 fully saturated rings. The van der Waals surface area contributed by atoms with Gasteiger partial charge in [0.15, 0.2) is 0 Å². The van der Waals surface area contributed by atoms with Crippen LogP contribution in [0, 0.1) is 5.82 Å². The van der Waals surface area contributed by atoms with Crippen LogP contribution in [0.15, 0.2) is 34.9 Å². The van der Waals surface area contributed by atoms with Crippen molar-refractivity contribution in [3.8, 4) is 5.75 Å². The minimum atomic E-state index is -2.99. The predicted molar refractivity (Wildman–Crippen MR) is 92.4 cm³/mol. The highest BCUT2D eigenvalue weighted by molar-refractivity contribution is 9.10. The second-order valence-corrected chi connectivity index (χ2v) is 7.24. The van der Waals surface area contributed by atoms with Gasteiger partial charge in [-0.15, -0.1) is 0 Å². The Labute approximate surface area is 159 Å². The summed E-state index contributed by atoms with van der Waals surface area (Å²) >= 11 is 9.18. The first-order valence-electron chi connectivity index (χ1n) is 7.64. The van der Waals surface area contributed by atoms with Crippen molar-refractivity contribution in [3.05, 3.63) is 62.7 Å². The number of aliphatic hydroxyl groups excluding tert-OH is 1. The van der Waals surface area contributed by atoms with E-state index < -0.39 is 24.5 Å². The summed E-state index contributed by atoms with van der Waals surface area (Å²) in [5.74, 6) is -0.998. The zero-order chi connectivity index (χ0) is 18.6. The molecule has 4 rings (SSSR count). The Hall–Kier alpha value is -1.77. The number of hydrogen-bond acceptors (Lipinski definition) is 3. The van der Waals surface area contributed by atoms with Gasteiger partial charge in [0.05, 0.1) is 22.0 Å². The van der Waals surface area contributed by atoms with Gasteiger partial charge in [0.25, 0.3) is 0 Å². The summed E-state index contributed by atoms with van der Waals surface area (Å²) in [6, 6.07) is 5.59. The molecule has 1 aliphatic rings. The number of nitrogens with zero attached hydrogens (tertiary/aromatic N) is 2. The standard InChI is InChI=1S/C17H11BrClF3N2O2/c18-10-6-24-14(5-11(10)20)23-15-12(25)4-9(16(15)24)8-3-7(19)1-2-13(8)26-17(21)22/h1-3,5-6,9,12,17,25H,4H2/t9-,12?/m1/s1. The van der Waals surface area contributed by atoms with Crippen LogP contribution in [-0.4, -0.2) is 21.1 Å². The van der Waals surface area contributed by atoms with Crippen molar-refractivity contribution in [2.24, 2.45) is 0 Å². The number of aliphatic hydroxyl groups is 1. The number of pyridine rings is 1. The van der Waals surface area contributed by atoms with Crippen LogP contribution in [0.1, 0.15) is 35.4 Å². The number of benzene rings is 1. The van der Waals surface area contributed by atoms with Crippen LogP contribution in [0.2, 0.25) is 5.02 Å². The van der Waals surface area contributed by atoms with Gasteiger partial charge in [-0.2, -0.15) is 8.78 Å². The zero-order valence-corrected chi connectivity index (χ0v) is 15.3. The molecule has 26 heavy (non-hydrogen) atoms. The number of fused-ring (bicyclic) bond motifs is 3. The third-order valence-corrected chi connectivity index (χ3v) is 5.22. The van der Waals surface area contributed by atoms with Crippen molar-refractivity contribution in [1.82, 2.24) is 9.38 Å². The molecule has 0 saturated heterocycles. The molecule has 3 aromatic rings. The third-order valence-electron chi connectivity index (χ3n) is 4.40. The van der Waals surface area contributed by atoms with E-state index >= 15 is 0 Å². The molecule has 1 aromatic carbocycles. The van der Waals surface area contributed by atoms with Crippen molar-refractivity contribution in [3.63, 3.8) is 0 Å². The smallest absolute Gasteiger partial charge is 0.387 e. The second kappa shape index (κ2) is 6.44. The Morgan fingerprint density at radius 1 is 1.35 bits per heavy atom. The zero-order valence-electron chi connectivity index (χ0n) is 13.0. The molecule has 2 aromatic heterocycles. The summed E-state index contributed by atoms with van der Waals surface area (Å²) in [4.78, 5) is 4.30. The largest absolute Gasteiger partial charge is 0.435 e. The monoisotopic (exact) mass is 446 g/mol. The van der Waals surface area contributed by atoms with Gasteiger partial charge in [-0.3, -0.25) is 0 Å². The van der Waals surface area contributed by atoms with Gasteiger partial charge >= 0.3 is 6.61 Å². The molecule has 0 spiro atoms. The van der Waals surface area contributed by atoms with Crippen LogP contribution >= 0.6 is 27.5 Å². The maximum atomic E-state index is 13.8. The Morgan fingerprint density at radius 3 is 2.85 bits per heavy atom. The lowest BCUT2D eigenvalue weighted by Gasteiger charge is -2.18. The van der Waals surface area contributed by atoms with Crippen molar-refractivity contribution in [2.75, 3.05) is 0 Å². The van der Waals surface area contributed by atoms with Gasteiger partial charge in [-0.1, -0.05) is 11.6 Å².